The molecule has 0 aliphatic carbocycles. The second kappa shape index (κ2) is 10.9. The Morgan fingerprint density at radius 2 is 2.11 bits per heavy atom. The van der Waals surface area contributed by atoms with Crippen LogP contribution in [0.4, 0.5) is 0 Å². The molecular formula is C21H35N5O. The fourth-order valence-electron chi connectivity index (χ4n) is 3.62. The molecule has 1 atom stereocenters. The van der Waals surface area contributed by atoms with Crippen molar-refractivity contribution in [3.63, 3.8) is 0 Å². The summed E-state index contributed by atoms with van der Waals surface area (Å²) in [4.78, 5) is 23.2. The van der Waals surface area contributed by atoms with Crippen molar-refractivity contribution in [2.45, 2.75) is 46.0 Å². The van der Waals surface area contributed by atoms with Crippen LogP contribution in [0.5, 0.6) is 0 Å². The summed E-state index contributed by atoms with van der Waals surface area (Å²) in [6.45, 7) is 10.1. The SMILES string of the molecule is CCNC(=NCC(c1cccnc1)C(C)C)N1CCC(CC(=O)NC)CC1. The van der Waals surface area contributed by atoms with Gasteiger partial charge in [-0.25, -0.2) is 0 Å². The Kier molecular flexibility index (Phi) is 8.55. The molecule has 1 aliphatic rings. The van der Waals surface area contributed by atoms with Crippen LogP contribution in [0.25, 0.3) is 0 Å². The number of carbonyl (C=O) groups is 1. The van der Waals surface area contributed by atoms with E-state index in [0.717, 1.165) is 45.0 Å². The number of amides is 1. The van der Waals surface area contributed by atoms with Gasteiger partial charge in [0.2, 0.25) is 5.91 Å². The zero-order chi connectivity index (χ0) is 19.6. The number of nitrogens with one attached hydrogen (secondary N) is 2. The standard InChI is InChI=1S/C21H35N5O/c1-5-24-21(26-11-8-17(9-12-26)13-20(27)22-4)25-15-19(16(2)3)18-7-6-10-23-14-18/h6-7,10,14,16-17,19H,5,8-9,11-13,15H2,1-4H3,(H,22,27)(H,24,25). The molecule has 1 aromatic rings. The fourth-order valence-corrected chi connectivity index (χ4v) is 3.62. The van der Waals surface area contributed by atoms with Crippen molar-refractivity contribution in [3.8, 4) is 0 Å². The predicted molar refractivity (Wildman–Crippen MR) is 111 cm³/mol. The smallest absolute Gasteiger partial charge is 0.220 e. The first kappa shape index (κ1) is 21.2. The normalized spacial score (nSPS) is 17.1. The van der Waals surface area contributed by atoms with E-state index in [0.29, 0.717) is 24.2 Å². The van der Waals surface area contributed by atoms with Crippen LogP contribution in [-0.2, 0) is 4.79 Å². The third-order valence-corrected chi connectivity index (χ3v) is 5.36. The minimum atomic E-state index is 0.144. The minimum absolute atomic E-state index is 0.144. The van der Waals surface area contributed by atoms with E-state index in [1.54, 1.807) is 7.05 Å². The summed E-state index contributed by atoms with van der Waals surface area (Å²) >= 11 is 0. The van der Waals surface area contributed by atoms with Gasteiger partial charge < -0.3 is 15.5 Å². The first-order chi connectivity index (χ1) is 13.0. The Morgan fingerprint density at radius 1 is 1.37 bits per heavy atom. The van der Waals surface area contributed by atoms with Crippen LogP contribution in [0.15, 0.2) is 29.5 Å². The fraction of sp³-hybridized carbons (Fsp3) is 0.667. The molecule has 0 aromatic carbocycles. The number of hydrogen-bond donors (Lipinski definition) is 2. The molecule has 27 heavy (non-hydrogen) atoms. The highest BCUT2D eigenvalue weighted by atomic mass is 16.1. The summed E-state index contributed by atoms with van der Waals surface area (Å²) in [6.07, 6.45) is 6.48. The summed E-state index contributed by atoms with van der Waals surface area (Å²) in [7, 11) is 1.71. The Balaban J connectivity index is 2.00. The molecule has 0 radical (unpaired) electrons. The van der Waals surface area contributed by atoms with Gasteiger partial charge in [-0.05, 0) is 43.2 Å². The van der Waals surface area contributed by atoms with Crippen LogP contribution in [0.3, 0.4) is 0 Å². The Labute approximate surface area is 163 Å². The average molecular weight is 374 g/mol. The number of carbonyl (C=O) groups excluding carboxylic acids is 1. The molecule has 2 rings (SSSR count). The zero-order valence-corrected chi connectivity index (χ0v) is 17.2. The maximum Gasteiger partial charge on any atom is 0.220 e. The number of nitrogens with zero attached hydrogens (tertiary/aromatic N) is 3. The van der Waals surface area contributed by atoms with Gasteiger partial charge in [0.05, 0.1) is 0 Å². The van der Waals surface area contributed by atoms with Crippen molar-refractivity contribution in [2.75, 3.05) is 33.2 Å². The topological polar surface area (TPSA) is 69.6 Å². The molecule has 1 amide bonds. The van der Waals surface area contributed by atoms with E-state index < -0.39 is 0 Å². The predicted octanol–water partition coefficient (Wildman–Crippen LogP) is 2.63. The van der Waals surface area contributed by atoms with E-state index in [4.69, 9.17) is 4.99 Å². The van der Waals surface area contributed by atoms with Gasteiger partial charge in [0, 0.05) is 58.0 Å². The van der Waals surface area contributed by atoms with Crippen LogP contribution < -0.4 is 10.6 Å². The van der Waals surface area contributed by atoms with Gasteiger partial charge in [-0.1, -0.05) is 19.9 Å². The molecular weight excluding hydrogens is 338 g/mol. The Bertz CT molecular complexity index is 594. The van der Waals surface area contributed by atoms with E-state index in [2.05, 4.69) is 47.4 Å². The minimum Gasteiger partial charge on any atom is -0.359 e. The lowest BCUT2D eigenvalue weighted by molar-refractivity contribution is -0.121. The van der Waals surface area contributed by atoms with Crippen molar-refractivity contribution in [2.24, 2.45) is 16.8 Å². The highest BCUT2D eigenvalue weighted by Gasteiger charge is 2.23. The number of guanidine groups is 1. The molecule has 1 fully saturated rings. The van der Waals surface area contributed by atoms with E-state index in [1.807, 2.05) is 18.5 Å². The summed E-state index contributed by atoms with van der Waals surface area (Å²) in [6, 6.07) is 4.14. The molecule has 0 saturated carbocycles. The lowest BCUT2D eigenvalue weighted by Gasteiger charge is -2.34. The van der Waals surface area contributed by atoms with Gasteiger partial charge in [0.1, 0.15) is 0 Å². The molecule has 6 heteroatoms. The van der Waals surface area contributed by atoms with Gasteiger partial charge in [0.15, 0.2) is 5.96 Å². The van der Waals surface area contributed by atoms with Gasteiger partial charge in [-0.3, -0.25) is 14.8 Å². The van der Waals surface area contributed by atoms with Crippen LogP contribution in [-0.4, -0.2) is 55.0 Å². The highest BCUT2D eigenvalue weighted by Crippen LogP contribution is 2.25. The molecule has 1 aromatic heterocycles. The van der Waals surface area contributed by atoms with Crippen molar-refractivity contribution in [1.29, 1.82) is 0 Å². The van der Waals surface area contributed by atoms with Crippen molar-refractivity contribution < 1.29 is 4.79 Å². The lowest BCUT2D eigenvalue weighted by Crippen LogP contribution is -2.46. The number of piperidine rings is 1. The van der Waals surface area contributed by atoms with Crippen LogP contribution in [0, 0.1) is 11.8 Å². The molecule has 150 valence electrons. The monoisotopic (exact) mass is 373 g/mol. The van der Waals surface area contributed by atoms with E-state index in [9.17, 15) is 4.79 Å². The summed E-state index contributed by atoms with van der Waals surface area (Å²) < 4.78 is 0. The van der Waals surface area contributed by atoms with Crippen molar-refractivity contribution in [1.82, 2.24) is 20.5 Å². The highest BCUT2D eigenvalue weighted by molar-refractivity contribution is 5.80. The molecule has 0 spiro atoms. The van der Waals surface area contributed by atoms with E-state index in [1.165, 1.54) is 5.56 Å². The zero-order valence-electron chi connectivity index (χ0n) is 17.2. The second-order valence-electron chi connectivity index (χ2n) is 7.64. The first-order valence-corrected chi connectivity index (χ1v) is 10.2. The number of likely N-dealkylation sites (tertiary alicyclic amines) is 1. The van der Waals surface area contributed by atoms with E-state index in [-0.39, 0.29) is 5.91 Å². The third kappa shape index (κ3) is 6.52. The number of aromatic nitrogens is 1. The van der Waals surface area contributed by atoms with Gasteiger partial charge in [-0.2, -0.15) is 0 Å². The number of rotatable bonds is 7. The lowest BCUT2D eigenvalue weighted by atomic mass is 9.89. The van der Waals surface area contributed by atoms with E-state index >= 15 is 0 Å². The van der Waals surface area contributed by atoms with Crippen LogP contribution in [0.2, 0.25) is 0 Å². The maximum absolute atomic E-state index is 11.6. The van der Waals surface area contributed by atoms with Crippen molar-refractivity contribution >= 4 is 11.9 Å². The van der Waals surface area contributed by atoms with Gasteiger partial charge in [-0.15, -0.1) is 0 Å². The number of aliphatic imine (C=N–C) groups is 1. The average Bonchev–Trinajstić information content (AvgIpc) is 2.68. The van der Waals surface area contributed by atoms with Crippen LogP contribution in [0.1, 0.15) is 51.5 Å². The number of hydrogen-bond acceptors (Lipinski definition) is 3. The molecule has 6 nitrogen and oxygen atoms in total. The molecule has 0 bridgehead atoms. The molecule has 1 saturated heterocycles. The maximum atomic E-state index is 11.6. The van der Waals surface area contributed by atoms with Crippen molar-refractivity contribution in [3.05, 3.63) is 30.1 Å². The Hall–Kier alpha value is -2.11. The van der Waals surface area contributed by atoms with Gasteiger partial charge in [0.25, 0.3) is 0 Å². The molecule has 1 unspecified atom stereocenters. The molecule has 2 N–H and O–H groups in total. The third-order valence-electron chi connectivity index (χ3n) is 5.36. The molecule has 1 aliphatic heterocycles. The second-order valence-corrected chi connectivity index (χ2v) is 7.64. The summed E-state index contributed by atoms with van der Waals surface area (Å²) in [5.74, 6) is 2.47. The Morgan fingerprint density at radius 3 is 2.67 bits per heavy atom. The van der Waals surface area contributed by atoms with Crippen LogP contribution >= 0.6 is 0 Å². The summed E-state index contributed by atoms with van der Waals surface area (Å²) in [5, 5.41) is 6.18. The van der Waals surface area contributed by atoms with Gasteiger partial charge >= 0.3 is 0 Å². The quantitative estimate of drug-likeness (QED) is 0.569. The largest absolute Gasteiger partial charge is 0.359 e. The summed E-state index contributed by atoms with van der Waals surface area (Å²) in [5.41, 5.74) is 1.25. The molecule has 2 heterocycles. The number of pyridine rings is 1. The first-order valence-electron chi connectivity index (χ1n) is 10.2.